The predicted molar refractivity (Wildman–Crippen MR) is 135 cm³/mol. The maximum Gasteiger partial charge on any atom is 0.194 e. The summed E-state index contributed by atoms with van der Waals surface area (Å²) in [5, 5.41) is 3.47. The van der Waals surface area contributed by atoms with Crippen LogP contribution >= 0.6 is 24.0 Å². The van der Waals surface area contributed by atoms with Crippen LogP contribution in [0.25, 0.3) is 5.65 Å². The van der Waals surface area contributed by atoms with Gasteiger partial charge in [-0.1, -0.05) is 24.3 Å². The summed E-state index contributed by atoms with van der Waals surface area (Å²) in [6, 6.07) is 16.2. The van der Waals surface area contributed by atoms with Crippen molar-refractivity contribution in [2.75, 3.05) is 46.4 Å². The first-order valence-corrected chi connectivity index (χ1v) is 10.5. The lowest BCUT2D eigenvalue weighted by Crippen LogP contribution is -2.52. The molecule has 8 heteroatoms. The number of halogens is 1. The third-order valence-corrected chi connectivity index (χ3v) is 5.48. The number of nitrogens with zero attached hydrogens (tertiary/aromatic N) is 5. The minimum absolute atomic E-state index is 0. The number of hydrogen-bond donors (Lipinski definition) is 1. The number of pyridine rings is 1. The van der Waals surface area contributed by atoms with E-state index in [0.717, 1.165) is 55.8 Å². The van der Waals surface area contributed by atoms with Gasteiger partial charge in [-0.3, -0.25) is 9.89 Å². The predicted octanol–water partition coefficient (Wildman–Crippen LogP) is 3.03. The maximum absolute atomic E-state index is 5.82. The number of imidazole rings is 1. The molecule has 1 saturated heterocycles. The van der Waals surface area contributed by atoms with Crippen LogP contribution in [0.5, 0.6) is 5.75 Å². The second-order valence-corrected chi connectivity index (χ2v) is 7.52. The highest BCUT2D eigenvalue weighted by molar-refractivity contribution is 14.0. The normalized spacial score (nSPS) is 15.0. The largest absolute Gasteiger partial charge is 0.492 e. The van der Waals surface area contributed by atoms with E-state index in [-0.39, 0.29) is 24.0 Å². The van der Waals surface area contributed by atoms with E-state index in [9.17, 15) is 0 Å². The smallest absolute Gasteiger partial charge is 0.194 e. The van der Waals surface area contributed by atoms with Gasteiger partial charge in [0.25, 0.3) is 0 Å². The Morgan fingerprint density at radius 1 is 1.06 bits per heavy atom. The van der Waals surface area contributed by atoms with Gasteiger partial charge in [-0.15, -0.1) is 24.0 Å². The number of aliphatic imine (C=N–C) groups is 1. The summed E-state index contributed by atoms with van der Waals surface area (Å²) in [5.41, 5.74) is 3.18. The molecule has 1 N–H and O–H groups in total. The molecular formula is C23H31IN6O. The lowest BCUT2D eigenvalue weighted by molar-refractivity contribution is 0.152. The van der Waals surface area contributed by atoms with Crippen molar-refractivity contribution in [1.29, 1.82) is 0 Å². The van der Waals surface area contributed by atoms with Crippen LogP contribution in [0.2, 0.25) is 0 Å². The van der Waals surface area contributed by atoms with Gasteiger partial charge < -0.3 is 19.4 Å². The van der Waals surface area contributed by atoms with Gasteiger partial charge in [0.15, 0.2) is 5.96 Å². The minimum Gasteiger partial charge on any atom is -0.492 e. The Labute approximate surface area is 201 Å². The minimum atomic E-state index is 0. The molecule has 0 aliphatic carbocycles. The average Bonchev–Trinajstić information content (AvgIpc) is 3.20. The summed E-state index contributed by atoms with van der Waals surface area (Å²) in [5.74, 6) is 1.87. The van der Waals surface area contributed by atoms with E-state index in [1.54, 1.807) is 0 Å². The summed E-state index contributed by atoms with van der Waals surface area (Å²) in [6.45, 7) is 8.33. The highest BCUT2D eigenvalue weighted by atomic mass is 127. The fourth-order valence-corrected chi connectivity index (χ4v) is 3.78. The molecule has 0 spiro atoms. The zero-order chi connectivity index (χ0) is 20.8. The van der Waals surface area contributed by atoms with Gasteiger partial charge in [0.05, 0.1) is 12.2 Å². The van der Waals surface area contributed by atoms with E-state index in [0.29, 0.717) is 13.2 Å². The fourth-order valence-electron chi connectivity index (χ4n) is 3.78. The first-order chi connectivity index (χ1) is 14.7. The molecule has 3 aromatic rings. The van der Waals surface area contributed by atoms with Crippen molar-refractivity contribution in [3.05, 3.63) is 66.1 Å². The molecule has 2 aromatic heterocycles. The molecule has 0 amide bonds. The van der Waals surface area contributed by atoms with Crippen LogP contribution in [0.15, 0.2) is 59.7 Å². The van der Waals surface area contributed by atoms with Crippen molar-refractivity contribution in [2.45, 2.75) is 13.5 Å². The van der Waals surface area contributed by atoms with Crippen LogP contribution in [-0.4, -0.2) is 71.5 Å². The topological polar surface area (TPSA) is 57.4 Å². The lowest BCUT2D eigenvalue weighted by atomic mass is 10.3. The summed E-state index contributed by atoms with van der Waals surface area (Å²) in [7, 11) is 1.84. The second-order valence-electron chi connectivity index (χ2n) is 7.52. The van der Waals surface area contributed by atoms with Crippen LogP contribution in [-0.2, 0) is 6.54 Å². The summed E-state index contributed by atoms with van der Waals surface area (Å²) in [6.07, 6.45) is 2.09. The lowest BCUT2D eigenvalue weighted by Gasteiger charge is -2.36. The Hall–Kier alpha value is -2.33. The number of hydrogen-bond acceptors (Lipinski definition) is 4. The van der Waals surface area contributed by atoms with Crippen molar-refractivity contribution in [2.24, 2.45) is 4.99 Å². The molecule has 0 unspecified atom stereocenters. The van der Waals surface area contributed by atoms with Gasteiger partial charge in [0.1, 0.15) is 18.0 Å². The fraction of sp³-hybridized carbons (Fsp3) is 0.391. The Bertz CT molecular complexity index is 982. The molecule has 1 aromatic carbocycles. The van der Waals surface area contributed by atoms with Crippen molar-refractivity contribution in [3.63, 3.8) is 0 Å². The molecule has 4 rings (SSSR count). The molecule has 1 aliphatic heterocycles. The first-order valence-electron chi connectivity index (χ1n) is 10.5. The van der Waals surface area contributed by atoms with E-state index in [2.05, 4.69) is 43.7 Å². The van der Waals surface area contributed by atoms with E-state index in [4.69, 9.17) is 9.72 Å². The molecular weight excluding hydrogens is 503 g/mol. The van der Waals surface area contributed by atoms with Crippen LogP contribution in [0.4, 0.5) is 0 Å². The summed E-state index contributed by atoms with van der Waals surface area (Å²) >= 11 is 0. The van der Waals surface area contributed by atoms with E-state index in [1.165, 1.54) is 5.69 Å². The second kappa shape index (κ2) is 11.3. The van der Waals surface area contributed by atoms with E-state index in [1.807, 2.05) is 49.5 Å². The number of ether oxygens (including phenoxy) is 1. The Balaban J connectivity index is 0.00000272. The van der Waals surface area contributed by atoms with Crippen molar-refractivity contribution < 1.29 is 4.74 Å². The van der Waals surface area contributed by atoms with Gasteiger partial charge in [0, 0.05) is 51.7 Å². The molecule has 7 nitrogen and oxygen atoms in total. The molecule has 0 atom stereocenters. The molecule has 31 heavy (non-hydrogen) atoms. The number of guanidine groups is 1. The standard InChI is InChI=1S/C23H30N6O.HI/c1-19-7-6-10-22-26-20(18-29(19)22)17-25-23(24-2)28-13-11-27(12-14-28)15-16-30-21-8-4-3-5-9-21;/h3-10,18H,11-17H2,1-2H3,(H,24,25);1H. The van der Waals surface area contributed by atoms with Crippen molar-refractivity contribution in [1.82, 2.24) is 24.5 Å². The number of para-hydroxylation sites is 1. The van der Waals surface area contributed by atoms with Gasteiger partial charge in [-0.2, -0.15) is 0 Å². The number of fused-ring (bicyclic) bond motifs is 1. The number of aromatic nitrogens is 2. The van der Waals surface area contributed by atoms with E-state index >= 15 is 0 Å². The Kier molecular flexibility index (Phi) is 8.53. The van der Waals surface area contributed by atoms with Crippen molar-refractivity contribution in [3.8, 4) is 5.75 Å². The van der Waals surface area contributed by atoms with Gasteiger partial charge in [0.2, 0.25) is 0 Å². The van der Waals surface area contributed by atoms with Crippen LogP contribution in [0.3, 0.4) is 0 Å². The molecule has 0 saturated carbocycles. The summed E-state index contributed by atoms with van der Waals surface area (Å²) < 4.78 is 7.95. The number of piperazine rings is 1. The zero-order valence-corrected chi connectivity index (χ0v) is 20.5. The SMILES string of the molecule is CN=C(NCc1cn2c(C)cccc2n1)N1CCN(CCOc2ccccc2)CC1.I. The molecule has 3 heterocycles. The third kappa shape index (κ3) is 6.10. The van der Waals surface area contributed by atoms with Crippen molar-refractivity contribution >= 4 is 35.6 Å². The monoisotopic (exact) mass is 534 g/mol. The highest BCUT2D eigenvalue weighted by Gasteiger charge is 2.19. The number of rotatable bonds is 6. The first kappa shape index (κ1) is 23.3. The van der Waals surface area contributed by atoms with E-state index < -0.39 is 0 Å². The van der Waals surface area contributed by atoms with Gasteiger partial charge in [-0.25, -0.2) is 4.98 Å². The number of benzene rings is 1. The Morgan fingerprint density at radius 2 is 1.84 bits per heavy atom. The maximum atomic E-state index is 5.82. The third-order valence-electron chi connectivity index (χ3n) is 5.48. The number of aryl methyl sites for hydroxylation is 1. The molecule has 0 radical (unpaired) electrons. The van der Waals surface area contributed by atoms with Gasteiger partial charge >= 0.3 is 0 Å². The molecule has 0 bridgehead atoms. The average molecular weight is 534 g/mol. The quantitative estimate of drug-likeness (QED) is 0.300. The Morgan fingerprint density at radius 3 is 2.55 bits per heavy atom. The molecule has 1 fully saturated rings. The molecule has 166 valence electrons. The summed E-state index contributed by atoms with van der Waals surface area (Å²) in [4.78, 5) is 13.9. The van der Waals surface area contributed by atoms with Crippen LogP contribution in [0, 0.1) is 6.92 Å². The van der Waals surface area contributed by atoms with Gasteiger partial charge in [-0.05, 0) is 31.2 Å². The number of nitrogens with one attached hydrogen (secondary N) is 1. The van der Waals surface area contributed by atoms with Crippen LogP contribution in [0.1, 0.15) is 11.4 Å². The highest BCUT2D eigenvalue weighted by Crippen LogP contribution is 2.10. The molecule has 1 aliphatic rings. The van der Waals surface area contributed by atoms with Crippen LogP contribution < -0.4 is 10.1 Å². The zero-order valence-electron chi connectivity index (χ0n) is 18.2.